The minimum Gasteiger partial charge on any atom is -0.493 e. The van der Waals surface area contributed by atoms with E-state index in [0.29, 0.717) is 18.2 Å². The maximum Gasteiger partial charge on any atom is 0.144 e. The average molecular weight is 204 g/mol. The lowest BCUT2D eigenvalue weighted by Crippen LogP contribution is -2.00. The van der Waals surface area contributed by atoms with Crippen molar-refractivity contribution in [2.75, 3.05) is 6.61 Å². The summed E-state index contributed by atoms with van der Waals surface area (Å²) in [6.45, 7) is 5.09. The monoisotopic (exact) mass is 204 g/mol. The number of aromatic nitrogens is 1. The van der Waals surface area contributed by atoms with Crippen LogP contribution < -0.4 is 4.74 Å². The van der Waals surface area contributed by atoms with Gasteiger partial charge in [0.25, 0.3) is 0 Å². The molecule has 0 radical (unpaired) electrons. The zero-order chi connectivity index (χ0) is 11.1. The normalized spacial score (nSPS) is 10.0. The van der Waals surface area contributed by atoms with Crippen molar-refractivity contribution in [3.63, 3.8) is 0 Å². The minimum atomic E-state index is 0.399. The summed E-state index contributed by atoms with van der Waals surface area (Å²) in [6.07, 6.45) is 3.80. The Bertz CT molecular complexity index is 342. The lowest BCUT2D eigenvalue weighted by molar-refractivity contribution is 0.297. The van der Waals surface area contributed by atoms with Crippen LogP contribution >= 0.6 is 0 Å². The Morgan fingerprint density at radius 1 is 1.53 bits per heavy atom. The maximum absolute atomic E-state index is 8.64. The average Bonchev–Trinajstić information content (AvgIpc) is 2.24. The van der Waals surface area contributed by atoms with Crippen LogP contribution in [-0.2, 0) is 0 Å². The van der Waals surface area contributed by atoms with Crippen LogP contribution in [0.25, 0.3) is 0 Å². The Kier molecular flexibility index (Phi) is 4.62. The molecule has 80 valence electrons. The standard InChI is InChI=1S/C12H16N2O/c1-10(2)4-3-7-15-12-5-6-14-11(8-12)9-13/h5-6,8,10H,3-4,7H2,1-2H3. The van der Waals surface area contributed by atoms with E-state index in [9.17, 15) is 0 Å². The first-order chi connectivity index (χ1) is 7.22. The molecule has 3 heteroatoms. The molecule has 0 fully saturated rings. The van der Waals surface area contributed by atoms with Crippen LogP contribution in [0, 0.1) is 17.2 Å². The summed E-state index contributed by atoms with van der Waals surface area (Å²) in [5.74, 6) is 1.44. The number of ether oxygens (including phenoxy) is 1. The minimum absolute atomic E-state index is 0.399. The van der Waals surface area contributed by atoms with Crippen molar-refractivity contribution < 1.29 is 4.74 Å². The van der Waals surface area contributed by atoms with E-state index in [1.165, 1.54) is 0 Å². The van der Waals surface area contributed by atoms with Crippen molar-refractivity contribution >= 4 is 0 Å². The van der Waals surface area contributed by atoms with Crippen molar-refractivity contribution in [3.8, 4) is 11.8 Å². The van der Waals surface area contributed by atoms with Gasteiger partial charge in [0.2, 0.25) is 0 Å². The fraction of sp³-hybridized carbons (Fsp3) is 0.500. The van der Waals surface area contributed by atoms with Crippen molar-refractivity contribution in [2.45, 2.75) is 26.7 Å². The largest absolute Gasteiger partial charge is 0.493 e. The van der Waals surface area contributed by atoms with Crippen LogP contribution in [-0.4, -0.2) is 11.6 Å². The molecule has 1 aromatic rings. The summed E-state index contributed by atoms with van der Waals surface area (Å²) in [6, 6.07) is 5.42. The van der Waals surface area contributed by atoms with Gasteiger partial charge >= 0.3 is 0 Å². The molecule has 0 unspecified atom stereocenters. The Labute approximate surface area is 90.7 Å². The van der Waals surface area contributed by atoms with Crippen LogP contribution in [0.15, 0.2) is 18.3 Å². The Hall–Kier alpha value is -1.56. The van der Waals surface area contributed by atoms with Crippen LogP contribution in [0.1, 0.15) is 32.4 Å². The Balaban J connectivity index is 2.35. The van der Waals surface area contributed by atoms with Crippen molar-refractivity contribution in [1.82, 2.24) is 4.98 Å². The van der Waals surface area contributed by atoms with Gasteiger partial charge in [-0.2, -0.15) is 5.26 Å². The van der Waals surface area contributed by atoms with Crippen molar-refractivity contribution in [1.29, 1.82) is 5.26 Å². The predicted molar refractivity (Wildman–Crippen MR) is 58.5 cm³/mol. The molecule has 0 aliphatic rings. The zero-order valence-electron chi connectivity index (χ0n) is 9.23. The van der Waals surface area contributed by atoms with Crippen LogP contribution in [0.2, 0.25) is 0 Å². The van der Waals surface area contributed by atoms with E-state index in [2.05, 4.69) is 18.8 Å². The summed E-state index contributed by atoms with van der Waals surface area (Å²) in [4.78, 5) is 3.87. The third-order valence-electron chi connectivity index (χ3n) is 2.04. The highest BCUT2D eigenvalue weighted by atomic mass is 16.5. The fourth-order valence-electron chi connectivity index (χ4n) is 1.24. The summed E-state index contributed by atoms with van der Waals surface area (Å²) in [7, 11) is 0. The summed E-state index contributed by atoms with van der Waals surface area (Å²) >= 11 is 0. The molecular weight excluding hydrogens is 188 g/mol. The third kappa shape index (κ3) is 4.46. The SMILES string of the molecule is CC(C)CCCOc1ccnc(C#N)c1. The number of hydrogen-bond acceptors (Lipinski definition) is 3. The van der Waals surface area contributed by atoms with E-state index < -0.39 is 0 Å². The van der Waals surface area contributed by atoms with E-state index in [-0.39, 0.29) is 0 Å². The highest BCUT2D eigenvalue weighted by molar-refractivity contribution is 5.29. The van der Waals surface area contributed by atoms with Crippen molar-refractivity contribution in [2.24, 2.45) is 5.92 Å². The van der Waals surface area contributed by atoms with E-state index in [4.69, 9.17) is 10.00 Å². The molecule has 1 heterocycles. The molecule has 3 nitrogen and oxygen atoms in total. The molecule has 0 amide bonds. The third-order valence-corrected chi connectivity index (χ3v) is 2.04. The van der Waals surface area contributed by atoms with E-state index in [0.717, 1.165) is 18.6 Å². The zero-order valence-corrected chi connectivity index (χ0v) is 9.23. The molecule has 0 aliphatic carbocycles. The first-order valence-corrected chi connectivity index (χ1v) is 5.21. The van der Waals surface area contributed by atoms with Gasteiger partial charge in [0.15, 0.2) is 0 Å². The van der Waals surface area contributed by atoms with E-state index >= 15 is 0 Å². The second-order valence-electron chi connectivity index (χ2n) is 3.87. The molecule has 0 spiro atoms. The first-order valence-electron chi connectivity index (χ1n) is 5.21. The second kappa shape index (κ2) is 6.02. The van der Waals surface area contributed by atoms with Gasteiger partial charge in [0, 0.05) is 12.3 Å². The van der Waals surface area contributed by atoms with E-state index in [1.54, 1.807) is 18.3 Å². The number of rotatable bonds is 5. The summed E-state index contributed by atoms with van der Waals surface area (Å²) < 4.78 is 5.51. The Morgan fingerprint density at radius 2 is 2.33 bits per heavy atom. The lowest BCUT2D eigenvalue weighted by Gasteiger charge is -2.07. The maximum atomic E-state index is 8.64. The molecule has 0 aromatic carbocycles. The molecule has 0 saturated heterocycles. The highest BCUT2D eigenvalue weighted by Gasteiger charge is 1.98. The molecule has 0 aliphatic heterocycles. The molecule has 0 N–H and O–H groups in total. The van der Waals surface area contributed by atoms with Gasteiger partial charge in [-0.15, -0.1) is 0 Å². The molecule has 1 rings (SSSR count). The van der Waals surface area contributed by atoms with Gasteiger partial charge in [0.1, 0.15) is 17.5 Å². The second-order valence-corrected chi connectivity index (χ2v) is 3.87. The van der Waals surface area contributed by atoms with Gasteiger partial charge in [0.05, 0.1) is 6.61 Å². The summed E-state index contributed by atoms with van der Waals surface area (Å²) in [5, 5.41) is 8.64. The van der Waals surface area contributed by atoms with Crippen molar-refractivity contribution in [3.05, 3.63) is 24.0 Å². The van der Waals surface area contributed by atoms with Crippen LogP contribution in [0.4, 0.5) is 0 Å². The molecule has 0 atom stereocenters. The Morgan fingerprint density at radius 3 is 3.00 bits per heavy atom. The van der Waals surface area contributed by atoms with E-state index in [1.807, 2.05) is 6.07 Å². The molecule has 15 heavy (non-hydrogen) atoms. The number of nitrogens with zero attached hydrogens (tertiary/aromatic N) is 2. The molecule has 1 aromatic heterocycles. The fourth-order valence-corrected chi connectivity index (χ4v) is 1.24. The topological polar surface area (TPSA) is 45.9 Å². The number of hydrogen-bond donors (Lipinski definition) is 0. The molecule has 0 saturated carbocycles. The predicted octanol–water partition coefficient (Wildman–Crippen LogP) is 2.77. The quantitative estimate of drug-likeness (QED) is 0.693. The molecule has 0 bridgehead atoms. The highest BCUT2D eigenvalue weighted by Crippen LogP contribution is 2.11. The van der Waals surface area contributed by atoms with Gasteiger partial charge in [-0.25, -0.2) is 4.98 Å². The van der Waals surface area contributed by atoms with Crippen LogP contribution in [0.3, 0.4) is 0 Å². The lowest BCUT2D eigenvalue weighted by atomic mass is 10.1. The van der Waals surface area contributed by atoms with Gasteiger partial charge < -0.3 is 4.74 Å². The van der Waals surface area contributed by atoms with Gasteiger partial charge in [-0.05, 0) is 24.8 Å². The summed E-state index contributed by atoms with van der Waals surface area (Å²) in [5.41, 5.74) is 0.399. The smallest absolute Gasteiger partial charge is 0.144 e. The van der Waals surface area contributed by atoms with Crippen LogP contribution in [0.5, 0.6) is 5.75 Å². The van der Waals surface area contributed by atoms with Gasteiger partial charge in [-0.3, -0.25) is 0 Å². The van der Waals surface area contributed by atoms with Gasteiger partial charge in [-0.1, -0.05) is 13.8 Å². The molecular formula is C12H16N2O. The number of nitriles is 1. The number of pyridine rings is 1. The first kappa shape index (κ1) is 11.5.